The van der Waals surface area contributed by atoms with Gasteiger partial charge in [0.15, 0.2) is 11.5 Å². The lowest BCUT2D eigenvalue weighted by molar-refractivity contribution is 0.0950. The minimum Gasteiger partial charge on any atom is -0.454 e. The number of benzene rings is 2. The zero-order chi connectivity index (χ0) is 25.3. The first-order chi connectivity index (χ1) is 17.3. The average Bonchev–Trinajstić information content (AvgIpc) is 3.35. The summed E-state index contributed by atoms with van der Waals surface area (Å²) in [6.45, 7) is 1.05. The van der Waals surface area contributed by atoms with Crippen LogP contribution in [0.2, 0.25) is 0 Å². The zero-order valence-corrected chi connectivity index (χ0v) is 19.8. The van der Waals surface area contributed by atoms with Crippen molar-refractivity contribution in [2.75, 3.05) is 37.9 Å². The number of fused-ring (bicyclic) bond motifs is 1. The zero-order valence-electron chi connectivity index (χ0n) is 19.0. The molecule has 5 rings (SSSR count). The molecule has 0 aliphatic carbocycles. The van der Waals surface area contributed by atoms with Crippen LogP contribution in [0.1, 0.15) is 15.9 Å². The topological polar surface area (TPSA) is 101 Å². The van der Waals surface area contributed by atoms with E-state index in [0.29, 0.717) is 28.9 Å². The Morgan fingerprint density at radius 1 is 0.972 bits per heavy atom. The van der Waals surface area contributed by atoms with Crippen molar-refractivity contribution in [3.8, 4) is 11.5 Å². The van der Waals surface area contributed by atoms with Crippen LogP contribution in [0.15, 0.2) is 59.6 Å². The van der Waals surface area contributed by atoms with Gasteiger partial charge in [-0.3, -0.25) is 4.79 Å². The molecular formula is C24H22F2N4O5S. The van der Waals surface area contributed by atoms with Gasteiger partial charge in [0, 0.05) is 45.0 Å². The van der Waals surface area contributed by atoms with Crippen LogP contribution in [0.3, 0.4) is 0 Å². The van der Waals surface area contributed by atoms with Crippen LogP contribution in [-0.4, -0.2) is 56.6 Å². The molecule has 1 aromatic heterocycles. The molecule has 2 aliphatic heterocycles. The van der Waals surface area contributed by atoms with E-state index in [4.69, 9.17) is 9.47 Å². The van der Waals surface area contributed by atoms with Crippen molar-refractivity contribution in [2.24, 2.45) is 0 Å². The molecule has 1 saturated heterocycles. The molecule has 9 nitrogen and oxygen atoms in total. The molecular weight excluding hydrogens is 494 g/mol. The highest BCUT2D eigenvalue weighted by Crippen LogP contribution is 2.32. The molecule has 0 bridgehead atoms. The van der Waals surface area contributed by atoms with Gasteiger partial charge in [0.05, 0.1) is 10.5 Å². The summed E-state index contributed by atoms with van der Waals surface area (Å²) >= 11 is 0. The van der Waals surface area contributed by atoms with E-state index in [-0.39, 0.29) is 45.4 Å². The molecule has 188 valence electrons. The Hall–Kier alpha value is -3.77. The molecule has 3 heterocycles. The standard InChI is InChI=1S/C24H22F2N4O5S/c25-17-11-18(26)13-19(12-17)36(32,33)30-8-6-29(7-9-30)23-20(2-1-5-27-23)24(31)28-14-16-3-4-21-22(10-16)35-15-34-21/h1-5,10-13H,6-9,14-15H2,(H,28,31). The van der Waals surface area contributed by atoms with E-state index in [1.54, 1.807) is 30.5 Å². The predicted octanol–water partition coefficient (Wildman–Crippen LogP) is 2.53. The van der Waals surface area contributed by atoms with Gasteiger partial charge >= 0.3 is 0 Å². The van der Waals surface area contributed by atoms with Crippen LogP contribution in [-0.2, 0) is 16.6 Å². The molecule has 0 spiro atoms. The van der Waals surface area contributed by atoms with Crippen molar-refractivity contribution in [1.82, 2.24) is 14.6 Å². The monoisotopic (exact) mass is 516 g/mol. The van der Waals surface area contributed by atoms with E-state index < -0.39 is 26.6 Å². The fourth-order valence-corrected chi connectivity index (χ4v) is 5.59. The van der Waals surface area contributed by atoms with E-state index in [9.17, 15) is 22.0 Å². The number of pyridine rings is 1. The Morgan fingerprint density at radius 2 is 1.69 bits per heavy atom. The molecule has 1 fully saturated rings. The first kappa shape index (κ1) is 23.9. The smallest absolute Gasteiger partial charge is 0.255 e. The highest BCUT2D eigenvalue weighted by Gasteiger charge is 2.31. The summed E-state index contributed by atoms with van der Waals surface area (Å²) in [5.74, 6) is -0.550. The number of amides is 1. The van der Waals surface area contributed by atoms with E-state index >= 15 is 0 Å². The molecule has 1 amide bonds. The number of hydrogen-bond acceptors (Lipinski definition) is 7. The molecule has 0 radical (unpaired) electrons. The van der Waals surface area contributed by atoms with Crippen LogP contribution in [0.25, 0.3) is 0 Å². The Balaban J connectivity index is 1.26. The van der Waals surface area contributed by atoms with Gasteiger partial charge in [-0.25, -0.2) is 22.2 Å². The fourth-order valence-electron chi connectivity index (χ4n) is 4.12. The second kappa shape index (κ2) is 9.70. The Labute approximate surface area is 206 Å². The highest BCUT2D eigenvalue weighted by atomic mass is 32.2. The van der Waals surface area contributed by atoms with Crippen LogP contribution < -0.4 is 19.7 Å². The maximum Gasteiger partial charge on any atom is 0.255 e. The van der Waals surface area contributed by atoms with Crippen molar-refractivity contribution < 1.29 is 31.5 Å². The molecule has 2 aliphatic rings. The predicted molar refractivity (Wildman–Crippen MR) is 125 cm³/mol. The normalized spacial score (nSPS) is 15.7. The molecule has 12 heteroatoms. The third-order valence-electron chi connectivity index (χ3n) is 5.93. The molecule has 3 aromatic rings. The first-order valence-corrected chi connectivity index (χ1v) is 12.6. The van der Waals surface area contributed by atoms with Gasteiger partial charge in [-0.2, -0.15) is 4.31 Å². The minimum absolute atomic E-state index is 0.0648. The number of rotatable bonds is 6. The third-order valence-corrected chi connectivity index (χ3v) is 7.81. The number of hydrogen-bond donors (Lipinski definition) is 1. The highest BCUT2D eigenvalue weighted by molar-refractivity contribution is 7.89. The minimum atomic E-state index is -4.07. The summed E-state index contributed by atoms with van der Waals surface area (Å²) in [5.41, 5.74) is 1.19. The average molecular weight is 517 g/mol. The third kappa shape index (κ3) is 4.82. The second-order valence-electron chi connectivity index (χ2n) is 8.24. The van der Waals surface area contributed by atoms with Gasteiger partial charge in [0.25, 0.3) is 5.91 Å². The summed E-state index contributed by atoms with van der Waals surface area (Å²) < 4.78 is 64.7. The van der Waals surface area contributed by atoms with Crippen molar-refractivity contribution in [3.63, 3.8) is 0 Å². The van der Waals surface area contributed by atoms with E-state index in [1.165, 1.54) is 4.31 Å². The van der Waals surface area contributed by atoms with Gasteiger partial charge < -0.3 is 19.7 Å². The van der Waals surface area contributed by atoms with Gasteiger partial charge in [0.1, 0.15) is 17.5 Å². The number of carbonyl (C=O) groups is 1. The van der Waals surface area contributed by atoms with Crippen LogP contribution >= 0.6 is 0 Å². The molecule has 36 heavy (non-hydrogen) atoms. The molecule has 0 unspecified atom stereocenters. The Bertz CT molecular complexity index is 1390. The van der Waals surface area contributed by atoms with Crippen LogP contribution in [0.5, 0.6) is 11.5 Å². The fraction of sp³-hybridized carbons (Fsp3) is 0.250. The van der Waals surface area contributed by atoms with E-state index in [1.807, 2.05) is 11.0 Å². The molecule has 2 aromatic carbocycles. The summed E-state index contributed by atoms with van der Waals surface area (Å²) in [6, 6.07) is 10.9. The lowest BCUT2D eigenvalue weighted by Gasteiger charge is -2.35. The SMILES string of the molecule is O=C(NCc1ccc2c(c1)OCO2)c1cccnc1N1CCN(S(=O)(=O)c2cc(F)cc(F)c2)CC1. The number of sulfonamides is 1. The summed E-state index contributed by atoms with van der Waals surface area (Å²) in [6.07, 6.45) is 1.56. The lowest BCUT2D eigenvalue weighted by Crippen LogP contribution is -2.49. The maximum atomic E-state index is 13.6. The van der Waals surface area contributed by atoms with Gasteiger partial charge in [-0.1, -0.05) is 6.07 Å². The summed E-state index contributed by atoms with van der Waals surface area (Å²) in [4.78, 5) is 18.7. The quantitative estimate of drug-likeness (QED) is 0.537. The van der Waals surface area contributed by atoms with Gasteiger partial charge in [-0.15, -0.1) is 0 Å². The first-order valence-electron chi connectivity index (χ1n) is 11.1. The number of anilines is 1. The maximum absolute atomic E-state index is 13.6. The van der Waals surface area contributed by atoms with Gasteiger partial charge in [0.2, 0.25) is 16.8 Å². The number of carbonyl (C=O) groups excluding carboxylic acids is 1. The number of nitrogens with one attached hydrogen (secondary N) is 1. The van der Waals surface area contributed by atoms with Crippen molar-refractivity contribution in [2.45, 2.75) is 11.4 Å². The Kier molecular flexibility index (Phi) is 6.46. The summed E-state index contributed by atoms with van der Waals surface area (Å²) in [5, 5.41) is 2.87. The van der Waals surface area contributed by atoms with E-state index in [0.717, 1.165) is 17.7 Å². The number of piperazine rings is 1. The molecule has 1 N–H and O–H groups in total. The Morgan fingerprint density at radius 3 is 2.44 bits per heavy atom. The van der Waals surface area contributed by atoms with Crippen molar-refractivity contribution in [1.29, 1.82) is 0 Å². The number of aromatic nitrogens is 1. The molecule has 0 saturated carbocycles. The van der Waals surface area contributed by atoms with Crippen molar-refractivity contribution in [3.05, 3.63) is 77.5 Å². The molecule has 0 atom stereocenters. The number of nitrogens with zero attached hydrogens (tertiary/aromatic N) is 3. The number of ether oxygens (including phenoxy) is 2. The van der Waals surface area contributed by atoms with Crippen LogP contribution in [0.4, 0.5) is 14.6 Å². The number of halogens is 2. The van der Waals surface area contributed by atoms with Gasteiger partial charge in [-0.05, 0) is 42.0 Å². The van der Waals surface area contributed by atoms with Crippen molar-refractivity contribution >= 4 is 21.7 Å². The second-order valence-corrected chi connectivity index (χ2v) is 10.2. The van der Waals surface area contributed by atoms with E-state index in [2.05, 4.69) is 10.3 Å². The summed E-state index contributed by atoms with van der Waals surface area (Å²) in [7, 11) is -4.07. The largest absolute Gasteiger partial charge is 0.454 e. The lowest BCUT2D eigenvalue weighted by atomic mass is 10.1. The van der Waals surface area contributed by atoms with Crippen LogP contribution in [0, 0.1) is 11.6 Å².